The Bertz CT molecular complexity index is 3630. The maximum atomic E-state index is 6.70. The SMILES string of the molecule is Cc1ccccc1-c1sc2c(c1-c1ccccc1C)N(c1ccc(C(C)(C)C)cc1C)c1cc(N3c4ccccc4Oc4ccccc43)cc3c1B2c1cc(C(C)(C)C)ccc1N3c1ccc(C(C)(C)C)cc1. The third-order valence-electron chi connectivity index (χ3n) is 15.5. The van der Waals surface area contributed by atoms with E-state index in [4.69, 9.17) is 4.74 Å². The Labute approximate surface area is 437 Å². The lowest BCUT2D eigenvalue weighted by molar-refractivity contribution is 0.477. The van der Waals surface area contributed by atoms with E-state index in [2.05, 4.69) is 268 Å². The fourth-order valence-corrected chi connectivity index (χ4v) is 13.0. The van der Waals surface area contributed by atoms with Gasteiger partial charge in [-0.3, -0.25) is 0 Å². The highest BCUT2D eigenvalue weighted by atomic mass is 32.1. The number of ether oxygens (including phenoxy) is 1. The molecule has 0 bridgehead atoms. The highest BCUT2D eigenvalue weighted by Crippen LogP contribution is 2.57. The highest BCUT2D eigenvalue weighted by Gasteiger charge is 2.48. The third kappa shape index (κ3) is 7.63. The number of anilines is 9. The number of hydrogen-bond donors (Lipinski definition) is 0. The average Bonchev–Trinajstić information content (AvgIpc) is 3.76. The normalized spacial score (nSPS) is 13.8. The van der Waals surface area contributed by atoms with Crippen LogP contribution in [0.2, 0.25) is 0 Å². The van der Waals surface area contributed by atoms with Crippen LogP contribution in [0.3, 0.4) is 0 Å². The van der Waals surface area contributed by atoms with Gasteiger partial charge in [-0.1, -0.05) is 172 Å². The predicted octanol–water partition coefficient (Wildman–Crippen LogP) is 17.6. The first-order valence-electron chi connectivity index (χ1n) is 26.0. The molecule has 0 radical (unpaired) electrons. The molecule has 0 N–H and O–H groups in total. The minimum absolute atomic E-state index is 0.00133. The number of thiophene rings is 1. The second-order valence-corrected chi connectivity index (χ2v) is 24.6. The molecule has 9 aromatic rings. The van der Waals surface area contributed by atoms with Crippen molar-refractivity contribution in [1.82, 2.24) is 0 Å². The standard InChI is InChI=1S/C67H64BN3OS/c1-41-21-13-15-23-49(41)60-62-64(73-63(60)50-24-16-14-22-42(50)2)68-51-38-46(67(10,11)12)32-36-53(51)69(47-33-29-44(30-34-47)65(4,5)6)56-39-48(70-54-25-17-19-27-58(54)72-59-28-20-18-26-55(59)70)40-57(61(56)68)71(62)52-35-31-45(37-43(52)3)66(7,8)9/h13-40H,1-12H3. The Morgan fingerprint density at radius 1 is 0.411 bits per heavy atom. The summed E-state index contributed by atoms with van der Waals surface area (Å²) in [4.78, 5) is 8.97. The van der Waals surface area contributed by atoms with Gasteiger partial charge in [-0.2, -0.15) is 0 Å². The van der Waals surface area contributed by atoms with E-state index >= 15 is 0 Å². The molecule has 6 heteroatoms. The summed E-state index contributed by atoms with van der Waals surface area (Å²) >= 11 is 1.99. The quantitative estimate of drug-likeness (QED) is 0.160. The molecule has 0 atom stereocenters. The summed E-state index contributed by atoms with van der Waals surface area (Å²) in [7, 11) is 0. The Balaban J connectivity index is 1.27. The Morgan fingerprint density at radius 2 is 0.904 bits per heavy atom. The van der Waals surface area contributed by atoms with Crippen LogP contribution < -0.4 is 35.1 Å². The van der Waals surface area contributed by atoms with Crippen molar-refractivity contribution >= 4 is 84.9 Å². The van der Waals surface area contributed by atoms with Gasteiger partial charge in [-0.15, -0.1) is 11.3 Å². The van der Waals surface area contributed by atoms with E-state index in [1.807, 2.05) is 11.3 Å². The van der Waals surface area contributed by atoms with Crippen molar-refractivity contribution in [3.8, 4) is 33.1 Å². The number of fused-ring (bicyclic) bond motifs is 6. The molecule has 362 valence electrons. The maximum Gasteiger partial charge on any atom is 0.264 e. The molecule has 0 spiro atoms. The van der Waals surface area contributed by atoms with Gasteiger partial charge in [0.05, 0.1) is 22.7 Å². The van der Waals surface area contributed by atoms with Gasteiger partial charge >= 0.3 is 0 Å². The summed E-state index contributed by atoms with van der Waals surface area (Å²) in [6.45, 7) is 27.7. The fourth-order valence-electron chi connectivity index (χ4n) is 11.5. The molecular weight excluding hydrogens is 906 g/mol. The molecule has 3 aliphatic rings. The molecule has 0 fully saturated rings. The molecule has 0 unspecified atom stereocenters. The van der Waals surface area contributed by atoms with Crippen molar-refractivity contribution in [2.24, 2.45) is 0 Å². The minimum atomic E-state index is -0.0864. The monoisotopic (exact) mass is 969 g/mol. The van der Waals surface area contributed by atoms with Gasteiger partial charge in [0.2, 0.25) is 0 Å². The van der Waals surface area contributed by atoms with Crippen molar-refractivity contribution < 1.29 is 4.74 Å². The van der Waals surface area contributed by atoms with E-state index in [0.717, 1.165) is 34.2 Å². The van der Waals surface area contributed by atoms with Crippen LogP contribution in [0.15, 0.2) is 170 Å². The van der Waals surface area contributed by atoms with Crippen molar-refractivity contribution in [3.63, 3.8) is 0 Å². The molecule has 4 heterocycles. The van der Waals surface area contributed by atoms with Crippen LogP contribution >= 0.6 is 11.3 Å². The average molecular weight is 970 g/mol. The second kappa shape index (κ2) is 16.9. The molecule has 4 nitrogen and oxygen atoms in total. The molecule has 0 saturated carbocycles. The van der Waals surface area contributed by atoms with E-state index in [1.165, 1.54) is 99.1 Å². The molecule has 3 aliphatic heterocycles. The van der Waals surface area contributed by atoms with E-state index in [0.29, 0.717) is 0 Å². The van der Waals surface area contributed by atoms with E-state index in [1.54, 1.807) is 0 Å². The molecule has 0 aliphatic carbocycles. The third-order valence-corrected chi connectivity index (χ3v) is 16.8. The molecule has 8 aromatic carbocycles. The van der Waals surface area contributed by atoms with Gasteiger partial charge in [-0.25, -0.2) is 0 Å². The van der Waals surface area contributed by atoms with Gasteiger partial charge < -0.3 is 19.4 Å². The van der Waals surface area contributed by atoms with Crippen molar-refractivity contribution in [2.45, 2.75) is 99.3 Å². The zero-order chi connectivity index (χ0) is 50.9. The Hall–Kier alpha value is -7.28. The highest BCUT2D eigenvalue weighted by molar-refractivity contribution is 7.31. The second-order valence-electron chi connectivity index (χ2n) is 23.6. The van der Waals surface area contributed by atoms with Crippen molar-refractivity contribution in [1.29, 1.82) is 0 Å². The van der Waals surface area contributed by atoms with Crippen LogP contribution in [0.1, 0.15) is 95.7 Å². The van der Waals surface area contributed by atoms with E-state index in [9.17, 15) is 0 Å². The van der Waals surface area contributed by atoms with Crippen LogP contribution in [-0.2, 0) is 16.2 Å². The van der Waals surface area contributed by atoms with Crippen LogP contribution in [0.4, 0.5) is 51.2 Å². The largest absolute Gasteiger partial charge is 0.453 e. The summed E-state index contributed by atoms with van der Waals surface area (Å²) in [5.41, 5.74) is 24.2. The summed E-state index contributed by atoms with van der Waals surface area (Å²) in [6.07, 6.45) is 0. The Kier molecular flexibility index (Phi) is 10.8. The summed E-state index contributed by atoms with van der Waals surface area (Å²) in [5, 5.41) is 0. The van der Waals surface area contributed by atoms with Crippen LogP contribution in [0.25, 0.3) is 21.6 Å². The lowest BCUT2D eigenvalue weighted by Gasteiger charge is -2.45. The van der Waals surface area contributed by atoms with Gasteiger partial charge in [0, 0.05) is 43.7 Å². The first kappa shape index (κ1) is 46.8. The molecule has 0 saturated heterocycles. The van der Waals surface area contributed by atoms with Crippen LogP contribution in [0, 0.1) is 20.8 Å². The first-order valence-corrected chi connectivity index (χ1v) is 26.8. The van der Waals surface area contributed by atoms with Crippen molar-refractivity contribution in [2.75, 3.05) is 14.7 Å². The zero-order valence-corrected chi connectivity index (χ0v) is 45.2. The predicted molar refractivity (Wildman–Crippen MR) is 314 cm³/mol. The molecule has 73 heavy (non-hydrogen) atoms. The molecule has 1 aromatic heterocycles. The number of nitrogens with zero attached hydrogens (tertiary/aromatic N) is 3. The molecular formula is C67H64BN3OS. The van der Waals surface area contributed by atoms with Gasteiger partial charge in [0.1, 0.15) is 0 Å². The molecule has 0 amide bonds. The Morgan fingerprint density at radius 3 is 1.48 bits per heavy atom. The maximum absolute atomic E-state index is 6.70. The number of hydrogen-bond acceptors (Lipinski definition) is 5. The van der Waals surface area contributed by atoms with Gasteiger partial charge in [0.25, 0.3) is 6.71 Å². The van der Waals surface area contributed by atoms with E-state index in [-0.39, 0.29) is 23.0 Å². The lowest BCUT2D eigenvalue weighted by Crippen LogP contribution is -2.60. The summed E-state index contributed by atoms with van der Waals surface area (Å²) in [6, 6.07) is 63.9. The topological polar surface area (TPSA) is 19.0 Å². The first-order chi connectivity index (χ1) is 34.9. The van der Waals surface area contributed by atoms with E-state index < -0.39 is 0 Å². The minimum Gasteiger partial charge on any atom is -0.453 e. The number of para-hydroxylation sites is 4. The summed E-state index contributed by atoms with van der Waals surface area (Å²) < 4.78 is 8.06. The van der Waals surface area contributed by atoms with Crippen LogP contribution in [-0.4, -0.2) is 6.71 Å². The fraction of sp³-hybridized carbons (Fsp3) is 0.224. The smallest absolute Gasteiger partial charge is 0.264 e. The zero-order valence-electron chi connectivity index (χ0n) is 44.4. The number of benzene rings is 8. The summed E-state index contributed by atoms with van der Waals surface area (Å²) in [5.74, 6) is 1.66. The van der Waals surface area contributed by atoms with Gasteiger partial charge in [0.15, 0.2) is 11.5 Å². The lowest BCUT2D eigenvalue weighted by atomic mass is 9.36. The van der Waals surface area contributed by atoms with Gasteiger partial charge in [-0.05, 0) is 153 Å². The molecule has 12 rings (SSSR count). The number of aryl methyl sites for hydroxylation is 3. The number of rotatable bonds is 5. The van der Waals surface area contributed by atoms with Crippen LogP contribution in [0.5, 0.6) is 11.5 Å². The van der Waals surface area contributed by atoms with Crippen molar-refractivity contribution in [3.05, 3.63) is 203 Å².